The maximum absolute atomic E-state index is 11.2. The van der Waals surface area contributed by atoms with Gasteiger partial charge in [-0.1, -0.05) is 100 Å². The highest BCUT2D eigenvalue weighted by Gasteiger charge is 2.18. The summed E-state index contributed by atoms with van der Waals surface area (Å²) >= 11 is 0. The number of phenols is 1. The van der Waals surface area contributed by atoms with Crippen LogP contribution < -0.4 is 4.74 Å². The number of aliphatic hydroxyl groups excluding tert-OH is 1. The molecule has 0 bridgehead atoms. The molecule has 1 atom stereocenters. The van der Waals surface area contributed by atoms with Crippen molar-refractivity contribution in [2.75, 3.05) is 19.8 Å². The standard InChI is InChI=1S/C34H41N3O4/c1-3-5-7-10-19-27-21-29(30(39)22-31(27)41-24-28(38)23-40-20-6-4-2)34-36-32(25-15-11-8-12-16-25)35-33(37-34)26-17-13-9-14-18-26/h8-9,11-18,21-22,28,38-39H,3-7,10,19-20,23-24H2,1-2H3. The number of nitrogens with zero attached hydrogens (tertiary/aromatic N) is 3. The highest BCUT2D eigenvalue weighted by Crippen LogP contribution is 2.36. The number of benzene rings is 3. The van der Waals surface area contributed by atoms with E-state index in [0.717, 1.165) is 61.6 Å². The molecule has 0 saturated carbocycles. The molecule has 0 aliphatic rings. The molecule has 3 aromatic carbocycles. The lowest BCUT2D eigenvalue weighted by Gasteiger charge is -2.17. The molecular formula is C34H41N3O4. The van der Waals surface area contributed by atoms with Crippen molar-refractivity contribution in [3.8, 4) is 45.7 Å². The summed E-state index contributed by atoms with van der Waals surface area (Å²) in [6.07, 6.45) is 6.40. The first-order valence-electron chi connectivity index (χ1n) is 14.7. The Morgan fingerprint density at radius 3 is 1.93 bits per heavy atom. The molecule has 0 aliphatic heterocycles. The lowest BCUT2D eigenvalue weighted by molar-refractivity contribution is 0.0111. The van der Waals surface area contributed by atoms with E-state index in [0.29, 0.717) is 35.4 Å². The molecule has 216 valence electrons. The van der Waals surface area contributed by atoms with Gasteiger partial charge in [0.15, 0.2) is 17.5 Å². The Bertz CT molecular complexity index is 1290. The van der Waals surface area contributed by atoms with Gasteiger partial charge in [0, 0.05) is 23.8 Å². The van der Waals surface area contributed by atoms with Crippen LogP contribution in [0.25, 0.3) is 34.2 Å². The summed E-state index contributed by atoms with van der Waals surface area (Å²) in [6, 6.07) is 23.1. The Morgan fingerprint density at radius 2 is 1.32 bits per heavy atom. The number of unbranched alkanes of at least 4 members (excludes halogenated alkanes) is 4. The first-order valence-corrected chi connectivity index (χ1v) is 14.7. The zero-order valence-electron chi connectivity index (χ0n) is 24.1. The highest BCUT2D eigenvalue weighted by molar-refractivity contribution is 5.71. The fourth-order valence-corrected chi connectivity index (χ4v) is 4.49. The summed E-state index contributed by atoms with van der Waals surface area (Å²) in [7, 11) is 0. The van der Waals surface area contributed by atoms with Gasteiger partial charge in [-0.05, 0) is 30.9 Å². The Kier molecular flexibility index (Phi) is 11.7. The normalized spacial score (nSPS) is 11.9. The maximum Gasteiger partial charge on any atom is 0.167 e. The predicted octanol–water partition coefficient (Wildman–Crippen LogP) is 7.26. The molecule has 0 fully saturated rings. The van der Waals surface area contributed by atoms with Crippen LogP contribution in [0.2, 0.25) is 0 Å². The van der Waals surface area contributed by atoms with E-state index in [4.69, 9.17) is 24.4 Å². The monoisotopic (exact) mass is 555 g/mol. The summed E-state index contributed by atoms with van der Waals surface area (Å²) in [5, 5.41) is 21.6. The molecule has 0 amide bonds. The van der Waals surface area contributed by atoms with Gasteiger partial charge in [0.2, 0.25) is 0 Å². The van der Waals surface area contributed by atoms with Gasteiger partial charge in [-0.3, -0.25) is 0 Å². The third kappa shape index (κ3) is 8.84. The third-order valence-electron chi connectivity index (χ3n) is 6.80. The lowest BCUT2D eigenvalue weighted by Crippen LogP contribution is -2.24. The van der Waals surface area contributed by atoms with Gasteiger partial charge in [-0.15, -0.1) is 0 Å². The van der Waals surface area contributed by atoms with Crippen LogP contribution >= 0.6 is 0 Å². The minimum Gasteiger partial charge on any atom is -0.507 e. The quantitative estimate of drug-likeness (QED) is 0.140. The summed E-state index contributed by atoms with van der Waals surface area (Å²) in [5.74, 6) is 2.02. The van der Waals surface area contributed by atoms with Crippen LogP contribution in [0.3, 0.4) is 0 Å². The second-order valence-corrected chi connectivity index (χ2v) is 10.2. The molecule has 4 rings (SSSR count). The molecule has 0 aliphatic carbocycles. The van der Waals surface area contributed by atoms with E-state index in [9.17, 15) is 10.2 Å². The summed E-state index contributed by atoms with van der Waals surface area (Å²) in [4.78, 5) is 14.3. The number of aryl methyl sites for hydroxylation is 1. The number of ether oxygens (including phenoxy) is 2. The second-order valence-electron chi connectivity index (χ2n) is 10.2. The topological polar surface area (TPSA) is 97.6 Å². The van der Waals surface area contributed by atoms with Crippen molar-refractivity contribution in [3.05, 3.63) is 78.4 Å². The van der Waals surface area contributed by atoms with Gasteiger partial charge in [0.1, 0.15) is 24.2 Å². The van der Waals surface area contributed by atoms with E-state index in [2.05, 4.69) is 13.8 Å². The highest BCUT2D eigenvalue weighted by atomic mass is 16.5. The molecule has 7 heteroatoms. The zero-order chi connectivity index (χ0) is 28.9. The Hall–Kier alpha value is -3.81. The van der Waals surface area contributed by atoms with Crippen LogP contribution in [-0.2, 0) is 11.2 Å². The molecule has 41 heavy (non-hydrogen) atoms. The summed E-state index contributed by atoms with van der Waals surface area (Å²) in [5.41, 5.74) is 3.18. The number of aliphatic hydroxyl groups is 1. The molecular weight excluding hydrogens is 514 g/mol. The van der Waals surface area contributed by atoms with Crippen molar-refractivity contribution < 1.29 is 19.7 Å². The molecule has 4 aromatic rings. The van der Waals surface area contributed by atoms with Crippen molar-refractivity contribution >= 4 is 0 Å². The molecule has 1 unspecified atom stereocenters. The van der Waals surface area contributed by atoms with E-state index in [1.807, 2.05) is 66.7 Å². The van der Waals surface area contributed by atoms with Crippen molar-refractivity contribution in [2.45, 2.75) is 64.9 Å². The SMILES string of the molecule is CCCCCCc1cc(-c2nc(-c3ccccc3)nc(-c3ccccc3)n2)c(O)cc1OCC(O)COCCCC. The fraction of sp³-hybridized carbons (Fsp3) is 0.382. The molecule has 0 saturated heterocycles. The summed E-state index contributed by atoms with van der Waals surface area (Å²) in [6.45, 7) is 5.20. The molecule has 0 radical (unpaired) electrons. The maximum atomic E-state index is 11.2. The first-order chi connectivity index (χ1) is 20.1. The third-order valence-corrected chi connectivity index (χ3v) is 6.80. The Morgan fingerprint density at radius 1 is 0.707 bits per heavy atom. The van der Waals surface area contributed by atoms with Crippen molar-refractivity contribution in [3.63, 3.8) is 0 Å². The van der Waals surface area contributed by atoms with E-state index in [-0.39, 0.29) is 19.0 Å². The minimum atomic E-state index is -0.757. The van der Waals surface area contributed by atoms with E-state index < -0.39 is 6.10 Å². The number of aromatic hydroxyl groups is 1. The van der Waals surface area contributed by atoms with Crippen molar-refractivity contribution in [1.82, 2.24) is 15.0 Å². The van der Waals surface area contributed by atoms with Crippen LogP contribution in [0.15, 0.2) is 72.8 Å². The fourth-order valence-electron chi connectivity index (χ4n) is 4.49. The van der Waals surface area contributed by atoms with Crippen molar-refractivity contribution in [1.29, 1.82) is 0 Å². The number of phenolic OH excluding ortho intramolecular Hbond substituents is 1. The van der Waals surface area contributed by atoms with Gasteiger partial charge < -0.3 is 19.7 Å². The second kappa shape index (κ2) is 15.8. The molecule has 2 N–H and O–H groups in total. The van der Waals surface area contributed by atoms with Gasteiger partial charge in [-0.25, -0.2) is 15.0 Å². The average molecular weight is 556 g/mol. The smallest absolute Gasteiger partial charge is 0.167 e. The lowest BCUT2D eigenvalue weighted by atomic mass is 10.0. The Labute approximate surface area is 243 Å². The van der Waals surface area contributed by atoms with Crippen molar-refractivity contribution in [2.24, 2.45) is 0 Å². The van der Waals surface area contributed by atoms with E-state index in [1.54, 1.807) is 6.07 Å². The van der Waals surface area contributed by atoms with Gasteiger partial charge >= 0.3 is 0 Å². The van der Waals surface area contributed by atoms with Crippen LogP contribution in [-0.4, -0.2) is 51.1 Å². The van der Waals surface area contributed by atoms with Gasteiger partial charge in [-0.2, -0.15) is 0 Å². The zero-order valence-corrected chi connectivity index (χ0v) is 24.1. The van der Waals surface area contributed by atoms with Crippen LogP contribution in [0.5, 0.6) is 11.5 Å². The van der Waals surface area contributed by atoms with E-state index >= 15 is 0 Å². The number of aromatic nitrogens is 3. The average Bonchev–Trinajstić information content (AvgIpc) is 3.01. The van der Waals surface area contributed by atoms with Crippen LogP contribution in [0.4, 0.5) is 0 Å². The first kappa shape index (κ1) is 30.2. The Balaban J connectivity index is 1.68. The number of hydrogen-bond donors (Lipinski definition) is 2. The molecule has 1 aromatic heterocycles. The number of hydrogen-bond acceptors (Lipinski definition) is 7. The number of rotatable bonds is 16. The molecule has 1 heterocycles. The predicted molar refractivity (Wildman–Crippen MR) is 163 cm³/mol. The van der Waals surface area contributed by atoms with Crippen LogP contribution in [0.1, 0.15) is 57.9 Å². The van der Waals surface area contributed by atoms with Gasteiger partial charge in [0.25, 0.3) is 0 Å². The van der Waals surface area contributed by atoms with Gasteiger partial charge in [0.05, 0.1) is 12.2 Å². The van der Waals surface area contributed by atoms with Crippen LogP contribution in [0, 0.1) is 0 Å². The molecule has 0 spiro atoms. The van der Waals surface area contributed by atoms with E-state index in [1.165, 1.54) is 0 Å². The minimum absolute atomic E-state index is 0.00946. The molecule has 7 nitrogen and oxygen atoms in total. The summed E-state index contributed by atoms with van der Waals surface area (Å²) < 4.78 is 11.6. The largest absolute Gasteiger partial charge is 0.507 e.